The fourth-order valence-corrected chi connectivity index (χ4v) is 3.65. The van der Waals surface area contributed by atoms with E-state index in [1.165, 1.54) is 77.0 Å². The van der Waals surface area contributed by atoms with Crippen LogP contribution in [0, 0.1) is 0 Å². The minimum absolute atomic E-state index is 0.171. The molecule has 0 atom stereocenters. The second-order valence-electron chi connectivity index (χ2n) is 8.47. The third kappa shape index (κ3) is 24.9. The maximum Gasteiger partial charge on any atom is 0.219 e. The van der Waals surface area contributed by atoms with E-state index >= 15 is 0 Å². The highest BCUT2D eigenvalue weighted by atomic mass is 16.1. The molecule has 0 radical (unpaired) electrons. The Bertz CT molecular complexity index is 375. The second kappa shape index (κ2) is 23.2. The van der Waals surface area contributed by atoms with E-state index in [0.717, 1.165) is 51.6 Å². The Labute approximate surface area is 180 Å². The van der Waals surface area contributed by atoms with Crippen LogP contribution >= 0.6 is 0 Å². The molecule has 0 aliphatic heterocycles. The summed E-state index contributed by atoms with van der Waals surface area (Å²) in [6.07, 6.45) is 23.2. The molecule has 0 aliphatic rings. The number of primary amides is 1. The normalized spacial score (nSPS) is 10.9. The number of amides is 2. The molecule has 0 aliphatic carbocycles. The Morgan fingerprint density at radius 2 is 0.897 bits per heavy atom. The lowest BCUT2D eigenvalue weighted by Gasteiger charge is -2.05. The van der Waals surface area contributed by atoms with Crippen LogP contribution in [0.3, 0.4) is 0 Å². The maximum absolute atomic E-state index is 11.7. The van der Waals surface area contributed by atoms with E-state index in [1.807, 2.05) is 0 Å². The van der Waals surface area contributed by atoms with Crippen LogP contribution in [-0.4, -0.2) is 24.9 Å². The van der Waals surface area contributed by atoms with Crippen LogP contribution in [0.4, 0.5) is 0 Å². The third-order valence-corrected chi connectivity index (χ3v) is 5.53. The van der Waals surface area contributed by atoms with Crippen LogP contribution in [0.5, 0.6) is 0 Å². The van der Waals surface area contributed by atoms with Crippen LogP contribution in [0.2, 0.25) is 0 Å². The summed E-state index contributed by atoms with van der Waals surface area (Å²) in [4.78, 5) is 22.4. The van der Waals surface area contributed by atoms with Crippen LogP contribution in [0.15, 0.2) is 0 Å². The Kier molecular flexibility index (Phi) is 22.3. The molecule has 0 unspecified atom stereocenters. The summed E-state index contributed by atoms with van der Waals surface area (Å²) >= 11 is 0. The van der Waals surface area contributed by atoms with E-state index in [4.69, 9.17) is 11.5 Å². The van der Waals surface area contributed by atoms with Crippen LogP contribution in [0.25, 0.3) is 0 Å². The van der Waals surface area contributed by atoms with Crippen molar-refractivity contribution >= 4 is 11.8 Å². The third-order valence-electron chi connectivity index (χ3n) is 5.53. The summed E-state index contributed by atoms with van der Waals surface area (Å²) in [5, 5.41) is 3.02. The second-order valence-corrected chi connectivity index (χ2v) is 8.47. The summed E-state index contributed by atoms with van der Waals surface area (Å²) in [6.45, 7) is 1.59. The fourth-order valence-electron chi connectivity index (χ4n) is 3.65. The van der Waals surface area contributed by atoms with Crippen molar-refractivity contribution in [1.82, 2.24) is 5.32 Å². The van der Waals surface area contributed by atoms with Crippen LogP contribution in [-0.2, 0) is 9.59 Å². The van der Waals surface area contributed by atoms with Crippen LogP contribution < -0.4 is 16.8 Å². The smallest absolute Gasteiger partial charge is 0.219 e. The first-order valence-electron chi connectivity index (χ1n) is 12.4. The van der Waals surface area contributed by atoms with E-state index in [-0.39, 0.29) is 11.8 Å². The molecule has 172 valence electrons. The average molecular weight is 412 g/mol. The molecule has 5 heteroatoms. The predicted octanol–water partition coefficient (Wildman–Crippen LogP) is 5.35. The molecule has 0 bridgehead atoms. The molecule has 0 aromatic carbocycles. The molecule has 0 saturated carbocycles. The maximum atomic E-state index is 11.7. The number of nitrogens with one attached hydrogen (secondary N) is 1. The topological polar surface area (TPSA) is 98.2 Å². The van der Waals surface area contributed by atoms with Crippen LogP contribution in [0.1, 0.15) is 128 Å². The van der Waals surface area contributed by atoms with E-state index in [0.29, 0.717) is 12.8 Å². The lowest BCUT2D eigenvalue weighted by molar-refractivity contribution is -0.121. The minimum Gasteiger partial charge on any atom is -0.370 e. The monoisotopic (exact) mass is 411 g/mol. The summed E-state index contributed by atoms with van der Waals surface area (Å²) in [5.41, 5.74) is 10.6. The Balaban J connectivity index is 3.12. The predicted molar refractivity (Wildman–Crippen MR) is 124 cm³/mol. The Morgan fingerprint density at radius 3 is 1.34 bits per heavy atom. The van der Waals surface area contributed by atoms with Gasteiger partial charge in [0.25, 0.3) is 0 Å². The number of unbranched alkanes of at least 4 members (excludes halogenated alkanes) is 16. The number of carbonyl (C=O) groups excluding carboxylic acids is 2. The zero-order valence-corrected chi connectivity index (χ0v) is 19.0. The molecular weight excluding hydrogens is 362 g/mol. The van der Waals surface area contributed by atoms with Crippen molar-refractivity contribution in [1.29, 1.82) is 0 Å². The van der Waals surface area contributed by atoms with E-state index < -0.39 is 0 Å². The van der Waals surface area contributed by atoms with Gasteiger partial charge in [-0.2, -0.15) is 0 Å². The Hall–Kier alpha value is -1.10. The lowest BCUT2D eigenvalue weighted by atomic mass is 10.0. The number of hydrogen-bond donors (Lipinski definition) is 3. The van der Waals surface area contributed by atoms with Gasteiger partial charge in [0.1, 0.15) is 0 Å². The molecule has 0 rings (SSSR count). The van der Waals surface area contributed by atoms with Crippen molar-refractivity contribution in [3.05, 3.63) is 0 Å². The van der Waals surface area contributed by atoms with E-state index in [9.17, 15) is 9.59 Å². The van der Waals surface area contributed by atoms with Gasteiger partial charge in [0, 0.05) is 19.4 Å². The Morgan fingerprint density at radius 1 is 0.517 bits per heavy atom. The summed E-state index contributed by atoms with van der Waals surface area (Å²) < 4.78 is 0. The van der Waals surface area contributed by atoms with Crippen molar-refractivity contribution < 1.29 is 9.59 Å². The van der Waals surface area contributed by atoms with Crippen molar-refractivity contribution in [3.8, 4) is 0 Å². The number of nitrogens with two attached hydrogens (primary N) is 2. The average Bonchev–Trinajstić information content (AvgIpc) is 2.70. The van der Waals surface area contributed by atoms with Crippen molar-refractivity contribution in [2.24, 2.45) is 11.5 Å². The first-order chi connectivity index (χ1) is 14.2. The standard InChI is InChI=1S/C24H49N3O2/c25-21-17-13-14-18-22-27-24(29)20-16-12-10-8-6-4-2-1-3-5-7-9-11-15-19-23(26)28/h1-22,25H2,(H2,26,28)(H,27,29). The molecule has 2 amide bonds. The summed E-state index contributed by atoms with van der Waals surface area (Å²) in [5.74, 6) is 0.0486. The zero-order valence-electron chi connectivity index (χ0n) is 19.0. The molecule has 29 heavy (non-hydrogen) atoms. The van der Waals surface area contributed by atoms with Gasteiger partial charge in [0.05, 0.1) is 0 Å². The molecule has 0 saturated heterocycles. The molecular formula is C24H49N3O2. The van der Waals surface area contributed by atoms with Gasteiger partial charge in [-0.15, -0.1) is 0 Å². The van der Waals surface area contributed by atoms with E-state index in [1.54, 1.807) is 0 Å². The molecule has 0 spiro atoms. The van der Waals surface area contributed by atoms with E-state index in [2.05, 4.69) is 5.32 Å². The van der Waals surface area contributed by atoms with Gasteiger partial charge in [-0.1, -0.05) is 89.9 Å². The largest absolute Gasteiger partial charge is 0.370 e. The quantitative estimate of drug-likeness (QED) is 0.198. The van der Waals surface area contributed by atoms with Crippen molar-refractivity contribution in [2.75, 3.05) is 13.1 Å². The van der Waals surface area contributed by atoms with Gasteiger partial charge in [-0.25, -0.2) is 0 Å². The minimum atomic E-state index is -0.171. The molecule has 5 nitrogen and oxygen atoms in total. The van der Waals surface area contributed by atoms with Crippen molar-refractivity contribution in [3.63, 3.8) is 0 Å². The molecule has 0 heterocycles. The van der Waals surface area contributed by atoms with Gasteiger partial charge in [0.2, 0.25) is 11.8 Å². The molecule has 0 aromatic heterocycles. The first kappa shape index (κ1) is 27.9. The van der Waals surface area contributed by atoms with Gasteiger partial charge in [-0.3, -0.25) is 9.59 Å². The summed E-state index contributed by atoms with van der Waals surface area (Å²) in [7, 11) is 0. The number of carbonyl (C=O) groups is 2. The molecule has 0 fully saturated rings. The highest BCUT2D eigenvalue weighted by Crippen LogP contribution is 2.13. The summed E-state index contributed by atoms with van der Waals surface area (Å²) in [6, 6.07) is 0. The fraction of sp³-hybridized carbons (Fsp3) is 0.917. The number of hydrogen-bond acceptors (Lipinski definition) is 3. The van der Waals surface area contributed by atoms with Gasteiger partial charge < -0.3 is 16.8 Å². The van der Waals surface area contributed by atoms with Gasteiger partial charge in [-0.05, 0) is 32.2 Å². The highest BCUT2D eigenvalue weighted by molar-refractivity contribution is 5.75. The highest BCUT2D eigenvalue weighted by Gasteiger charge is 2.00. The SMILES string of the molecule is NCCCCCCNC(=O)CCCCCCCCCCCCCCCCC(N)=O. The van der Waals surface area contributed by atoms with Gasteiger partial charge >= 0.3 is 0 Å². The first-order valence-corrected chi connectivity index (χ1v) is 12.4. The van der Waals surface area contributed by atoms with Crippen molar-refractivity contribution in [2.45, 2.75) is 128 Å². The van der Waals surface area contributed by atoms with Gasteiger partial charge in [0.15, 0.2) is 0 Å². The zero-order chi connectivity index (χ0) is 21.4. The molecule has 5 N–H and O–H groups in total. The lowest BCUT2D eigenvalue weighted by Crippen LogP contribution is -2.23. The number of rotatable bonds is 23. The molecule has 0 aromatic rings.